The van der Waals surface area contributed by atoms with Crippen LogP contribution in [0.25, 0.3) is 0 Å². The Bertz CT molecular complexity index is 785. The molecular formula is C18H22ClN5O2. The molecule has 1 fully saturated rings. The van der Waals surface area contributed by atoms with Crippen LogP contribution in [-0.4, -0.2) is 41.2 Å². The van der Waals surface area contributed by atoms with Crippen molar-refractivity contribution in [2.75, 3.05) is 25.0 Å². The van der Waals surface area contributed by atoms with Crippen LogP contribution in [-0.2, 0) is 15.1 Å². The normalized spacial score (nSPS) is 16.1. The van der Waals surface area contributed by atoms with Crippen LogP contribution in [0.4, 0.5) is 5.69 Å². The number of aromatic nitrogens is 2. The monoisotopic (exact) mass is 375 g/mol. The number of aryl methyl sites for hydroxylation is 1. The van der Waals surface area contributed by atoms with Gasteiger partial charge >= 0.3 is 0 Å². The molecule has 0 saturated carbocycles. The van der Waals surface area contributed by atoms with Gasteiger partial charge in [0.25, 0.3) is 0 Å². The van der Waals surface area contributed by atoms with E-state index in [4.69, 9.17) is 11.6 Å². The minimum Gasteiger partial charge on any atom is -0.345 e. The van der Waals surface area contributed by atoms with E-state index in [1.54, 1.807) is 35.3 Å². The molecule has 7 nitrogen and oxygen atoms in total. The molecule has 0 aliphatic carbocycles. The Morgan fingerprint density at radius 3 is 2.77 bits per heavy atom. The third-order valence-electron chi connectivity index (χ3n) is 4.60. The highest BCUT2D eigenvalue weighted by Gasteiger charge is 2.41. The lowest BCUT2D eigenvalue weighted by Crippen LogP contribution is -2.55. The fraction of sp³-hybridized carbons (Fsp3) is 0.389. The van der Waals surface area contributed by atoms with Crippen molar-refractivity contribution < 1.29 is 9.59 Å². The third kappa shape index (κ3) is 3.89. The number of anilines is 1. The van der Waals surface area contributed by atoms with Crippen molar-refractivity contribution in [2.45, 2.75) is 25.3 Å². The van der Waals surface area contributed by atoms with Gasteiger partial charge < -0.3 is 16.0 Å². The second kappa shape index (κ2) is 7.88. The summed E-state index contributed by atoms with van der Waals surface area (Å²) in [5.41, 5.74) is 0.768. The number of hydrogen-bond acceptors (Lipinski definition) is 4. The van der Waals surface area contributed by atoms with Crippen molar-refractivity contribution in [3.05, 3.63) is 47.2 Å². The third-order valence-corrected chi connectivity index (χ3v) is 4.92. The number of nitrogens with zero attached hydrogens (tertiary/aromatic N) is 2. The molecule has 2 aromatic rings. The van der Waals surface area contributed by atoms with Crippen molar-refractivity contribution in [2.24, 2.45) is 0 Å². The highest BCUT2D eigenvalue weighted by atomic mass is 35.5. The first-order valence-corrected chi connectivity index (χ1v) is 8.94. The molecule has 8 heteroatoms. The Morgan fingerprint density at radius 2 is 2.12 bits per heavy atom. The number of piperidine rings is 1. The zero-order valence-electron chi connectivity index (χ0n) is 14.6. The summed E-state index contributed by atoms with van der Waals surface area (Å²) in [4.78, 5) is 25.1. The Morgan fingerprint density at radius 1 is 1.35 bits per heavy atom. The van der Waals surface area contributed by atoms with E-state index >= 15 is 0 Å². The zero-order valence-corrected chi connectivity index (χ0v) is 15.3. The highest BCUT2D eigenvalue weighted by Crippen LogP contribution is 2.27. The fourth-order valence-corrected chi connectivity index (χ4v) is 3.45. The van der Waals surface area contributed by atoms with Gasteiger partial charge in [-0.05, 0) is 56.6 Å². The second-order valence-corrected chi connectivity index (χ2v) is 6.85. The lowest BCUT2D eigenvalue weighted by molar-refractivity contribution is -0.133. The van der Waals surface area contributed by atoms with E-state index in [9.17, 15) is 9.59 Å². The predicted octanol–water partition coefficient (Wildman–Crippen LogP) is 1.68. The maximum Gasteiger partial charge on any atom is 0.248 e. The maximum atomic E-state index is 12.9. The molecule has 0 radical (unpaired) electrons. The van der Waals surface area contributed by atoms with Gasteiger partial charge in [0.15, 0.2) is 0 Å². The molecule has 1 aliphatic rings. The molecule has 1 aromatic carbocycles. The number of halogens is 1. The Balaban J connectivity index is 1.64. The van der Waals surface area contributed by atoms with Gasteiger partial charge in [0.05, 0.1) is 17.3 Å². The molecule has 138 valence electrons. The standard InChI is InChI=1S/C18H22ClN5O2/c1-13-3-4-15(14(19)11-13)23-16(25)12-21-17(26)18(5-8-20-9-6-18)24-10-2-7-22-24/h2-4,7,10-11,20H,5-6,8-9,12H2,1H3,(H,21,26)(H,23,25). The summed E-state index contributed by atoms with van der Waals surface area (Å²) >= 11 is 6.13. The first-order valence-electron chi connectivity index (χ1n) is 8.56. The van der Waals surface area contributed by atoms with Crippen LogP contribution in [0.1, 0.15) is 18.4 Å². The van der Waals surface area contributed by atoms with E-state index in [-0.39, 0.29) is 18.4 Å². The Hall–Kier alpha value is -2.38. The summed E-state index contributed by atoms with van der Waals surface area (Å²) < 4.78 is 1.69. The molecule has 2 amide bonds. The number of nitrogens with one attached hydrogen (secondary N) is 3. The summed E-state index contributed by atoms with van der Waals surface area (Å²) in [6.07, 6.45) is 4.68. The van der Waals surface area contributed by atoms with Crippen LogP contribution < -0.4 is 16.0 Å². The number of hydrogen-bond donors (Lipinski definition) is 3. The summed E-state index contributed by atoms with van der Waals surface area (Å²) in [5.74, 6) is -0.526. The van der Waals surface area contributed by atoms with Crippen molar-refractivity contribution in [1.82, 2.24) is 20.4 Å². The molecule has 1 saturated heterocycles. The first kappa shape index (κ1) is 18.4. The second-order valence-electron chi connectivity index (χ2n) is 6.45. The smallest absolute Gasteiger partial charge is 0.248 e. The van der Waals surface area contributed by atoms with Gasteiger partial charge in [-0.1, -0.05) is 17.7 Å². The minimum absolute atomic E-state index is 0.126. The van der Waals surface area contributed by atoms with Crippen LogP contribution in [0.5, 0.6) is 0 Å². The van der Waals surface area contributed by atoms with Crippen molar-refractivity contribution in [1.29, 1.82) is 0 Å². The number of rotatable bonds is 5. The number of amides is 2. The molecule has 3 N–H and O–H groups in total. The van der Waals surface area contributed by atoms with Crippen molar-refractivity contribution in [3.63, 3.8) is 0 Å². The average molecular weight is 376 g/mol. The summed E-state index contributed by atoms with van der Waals surface area (Å²) in [6.45, 7) is 3.24. The SMILES string of the molecule is Cc1ccc(NC(=O)CNC(=O)C2(n3cccn3)CCNCC2)c(Cl)c1. The van der Waals surface area contributed by atoms with Crippen LogP contribution >= 0.6 is 11.6 Å². The molecule has 1 aromatic heterocycles. The van der Waals surface area contributed by atoms with Gasteiger partial charge in [-0.2, -0.15) is 5.10 Å². The molecule has 2 heterocycles. The number of benzene rings is 1. The van der Waals surface area contributed by atoms with E-state index in [1.165, 1.54) is 0 Å². The summed E-state index contributed by atoms with van der Waals surface area (Å²) in [7, 11) is 0. The fourth-order valence-electron chi connectivity index (χ4n) is 3.16. The molecule has 3 rings (SSSR count). The van der Waals surface area contributed by atoms with Crippen molar-refractivity contribution >= 4 is 29.1 Å². The van der Waals surface area contributed by atoms with Gasteiger partial charge in [-0.25, -0.2) is 0 Å². The summed E-state index contributed by atoms with van der Waals surface area (Å²) in [6, 6.07) is 7.18. The van der Waals surface area contributed by atoms with E-state index in [2.05, 4.69) is 21.0 Å². The minimum atomic E-state index is -0.767. The van der Waals surface area contributed by atoms with Crippen LogP contribution in [0, 0.1) is 6.92 Å². The Labute approximate surface area is 157 Å². The van der Waals surface area contributed by atoms with Crippen LogP contribution in [0.15, 0.2) is 36.7 Å². The maximum absolute atomic E-state index is 12.9. The molecule has 0 unspecified atom stereocenters. The molecular weight excluding hydrogens is 354 g/mol. The zero-order chi connectivity index (χ0) is 18.6. The molecule has 0 spiro atoms. The quantitative estimate of drug-likeness (QED) is 0.742. The van der Waals surface area contributed by atoms with Gasteiger partial charge in [-0.15, -0.1) is 0 Å². The first-order chi connectivity index (χ1) is 12.5. The number of carbonyl (C=O) groups is 2. The van der Waals surface area contributed by atoms with Crippen LogP contribution in [0.2, 0.25) is 5.02 Å². The predicted molar refractivity (Wildman–Crippen MR) is 100 cm³/mol. The highest BCUT2D eigenvalue weighted by molar-refractivity contribution is 6.33. The average Bonchev–Trinajstić information content (AvgIpc) is 3.18. The van der Waals surface area contributed by atoms with E-state index < -0.39 is 5.54 Å². The molecule has 1 aliphatic heterocycles. The molecule has 0 bridgehead atoms. The van der Waals surface area contributed by atoms with E-state index in [0.717, 1.165) is 18.7 Å². The van der Waals surface area contributed by atoms with E-state index in [0.29, 0.717) is 23.6 Å². The van der Waals surface area contributed by atoms with Gasteiger partial charge in [-0.3, -0.25) is 14.3 Å². The van der Waals surface area contributed by atoms with Gasteiger partial charge in [0, 0.05) is 12.4 Å². The molecule has 0 atom stereocenters. The number of carbonyl (C=O) groups excluding carboxylic acids is 2. The lowest BCUT2D eigenvalue weighted by Gasteiger charge is -2.36. The largest absolute Gasteiger partial charge is 0.345 e. The van der Waals surface area contributed by atoms with Gasteiger partial charge in [0.1, 0.15) is 5.54 Å². The van der Waals surface area contributed by atoms with Crippen LogP contribution in [0.3, 0.4) is 0 Å². The van der Waals surface area contributed by atoms with Gasteiger partial charge in [0.2, 0.25) is 11.8 Å². The van der Waals surface area contributed by atoms with E-state index in [1.807, 2.05) is 13.0 Å². The van der Waals surface area contributed by atoms with Crippen molar-refractivity contribution in [3.8, 4) is 0 Å². The topological polar surface area (TPSA) is 88.1 Å². The summed E-state index contributed by atoms with van der Waals surface area (Å²) in [5, 5.41) is 13.4. The Kier molecular flexibility index (Phi) is 5.58. The molecule has 26 heavy (non-hydrogen) atoms. The lowest BCUT2D eigenvalue weighted by atomic mass is 9.87.